The van der Waals surface area contributed by atoms with Gasteiger partial charge in [0.15, 0.2) is 0 Å². The minimum absolute atomic E-state index is 0.142. The molecule has 1 atom stereocenters. The van der Waals surface area contributed by atoms with Gasteiger partial charge in [-0.25, -0.2) is 0 Å². The number of ether oxygens (including phenoxy) is 1. The number of carbonyl (C=O) groups excluding carboxylic acids is 1. The first-order valence-electron chi connectivity index (χ1n) is 8.91. The van der Waals surface area contributed by atoms with Gasteiger partial charge in [-0.3, -0.25) is 4.79 Å². The number of amides is 1. The lowest BCUT2D eigenvalue weighted by Crippen LogP contribution is -2.42. The summed E-state index contributed by atoms with van der Waals surface area (Å²) in [7, 11) is 1.97. The van der Waals surface area contributed by atoms with E-state index in [1.807, 2.05) is 36.2 Å². The molecule has 1 amide bonds. The van der Waals surface area contributed by atoms with Crippen LogP contribution in [0.25, 0.3) is 0 Å². The molecule has 1 aromatic carbocycles. The Morgan fingerprint density at radius 2 is 2.09 bits per heavy atom. The minimum atomic E-state index is 0.142. The van der Waals surface area contributed by atoms with Gasteiger partial charge in [0.2, 0.25) is 0 Å². The normalized spacial score (nSPS) is 18.0. The van der Waals surface area contributed by atoms with Crippen molar-refractivity contribution in [2.75, 3.05) is 33.3 Å². The summed E-state index contributed by atoms with van der Waals surface area (Å²) < 4.78 is 5.70. The number of hydrogen-bond acceptors (Lipinski definition) is 3. The first kappa shape index (κ1) is 17.8. The van der Waals surface area contributed by atoms with Gasteiger partial charge in [0.25, 0.3) is 5.91 Å². The Morgan fingerprint density at radius 3 is 2.78 bits per heavy atom. The second kappa shape index (κ2) is 9.56. The number of nitrogens with one attached hydrogen (secondary N) is 1. The molecule has 0 radical (unpaired) electrons. The summed E-state index contributed by atoms with van der Waals surface area (Å²) in [6, 6.07) is 7.60. The molecule has 0 aliphatic carbocycles. The number of unbranched alkanes of at least 4 members (excludes halogenated alkanes) is 2. The van der Waals surface area contributed by atoms with Crippen LogP contribution < -0.4 is 10.1 Å². The zero-order chi connectivity index (χ0) is 16.5. The molecule has 0 aromatic heterocycles. The van der Waals surface area contributed by atoms with Crippen molar-refractivity contribution in [3.63, 3.8) is 0 Å². The zero-order valence-electron chi connectivity index (χ0n) is 14.5. The molecule has 1 fully saturated rings. The van der Waals surface area contributed by atoms with Crippen LogP contribution in [0.3, 0.4) is 0 Å². The SMILES string of the molecule is CCCCCOc1ccc(C(=O)N2CCCC(CNC)C2)cc1. The molecule has 1 aromatic rings. The van der Waals surface area contributed by atoms with Gasteiger partial charge in [-0.15, -0.1) is 0 Å². The largest absolute Gasteiger partial charge is 0.494 e. The van der Waals surface area contributed by atoms with Crippen molar-refractivity contribution in [1.29, 1.82) is 0 Å². The van der Waals surface area contributed by atoms with Crippen LogP contribution in [0.4, 0.5) is 0 Å². The number of rotatable bonds is 8. The van der Waals surface area contributed by atoms with Crippen LogP contribution in [-0.2, 0) is 0 Å². The van der Waals surface area contributed by atoms with Crippen molar-refractivity contribution in [2.45, 2.75) is 39.0 Å². The molecule has 1 aliphatic rings. The predicted octanol–water partition coefficient (Wildman–Crippen LogP) is 3.33. The van der Waals surface area contributed by atoms with E-state index < -0.39 is 0 Å². The third-order valence-electron chi connectivity index (χ3n) is 4.42. The fourth-order valence-corrected chi connectivity index (χ4v) is 3.12. The lowest BCUT2D eigenvalue weighted by atomic mass is 9.97. The van der Waals surface area contributed by atoms with Crippen molar-refractivity contribution < 1.29 is 9.53 Å². The standard InChI is InChI=1S/C19H30N2O2/c1-3-4-5-13-23-18-10-8-17(9-11-18)19(22)21-12-6-7-16(15-21)14-20-2/h8-11,16,20H,3-7,12-15H2,1-2H3. The fourth-order valence-electron chi connectivity index (χ4n) is 3.12. The average Bonchev–Trinajstić information content (AvgIpc) is 2.59. The Labute approximate surface area is 140 Å². The van der Waals surface area contributed by atoms with E-state index in [1.165, 1.54) is 19.3 Å². The molecule has 0 bridgehead atoms. The molecule has 1 aliphatic heterocycles. The summed E-state index contributed by atoms with van der Waals surface area (Å²) in [5.41, 5.74) is 0.760. The number of likely N-dealkylation sites (tertiary alicyclic amines) is 1. The monoisotopic (exact) mass is 318 g/mol. The van der Waals surface area contributed by atoms with Crippen LogP contribution in [0.5, 0.6) is 5.75 Å². The summed E-state index contributed by atoms with van der Waals surface area (Å²) >= 11 is 0. The summed E-state index contributed by atoms with van der Waals surface area (Å²) in [4.78, 5) is 14.6. The third kappa shape index (κ3) is 5.54. The number of nitrogens with zero attached hydrogens (tertiary/aromatic N) is 1. The van der Waals surface area contributed by atoms with Gasteiger partial charge in [0.05, 0.1) is 6.61 Å². The van der Waals surface area contributed by atoms with Crippen molar-refractivity contribution in [1.82, 2.24) is 10.2 Å². The van der Waals surface area contributed by atoms with E-state index in [2.05, 4.69) is 12.2 Å². The van der Waals surface area contributed by atoms with Crippen LogP contribution in [0.15, 0.2) is 24.3 Å². The van der Waals surface area contributed by atoms with Gasteiger partial charge < -0.3 is 15.0 Å². The van der Waals surface area contributed by atoms with Crippen molar-refractivity contribution >= 4 is 5.91 Å². The maximum atomic E-state index is 12.6. The van der Waals surface area contributed by atoms with Crippen molar-refractivity contribution in [2.24, 2.45) is 5.92 Å². The molecule has 4 heteroatoms. The molecule has 0 saturated carbocycles. The number of benzene rings is 1. The predicted molar refractivity (Wildman–Crippen MR) is 94.0 cm³/mol. The van der Waals surface area contributed by atoms with Gasteiger partial charge >= 0.3 is 0 Å². The quantitative estimate of drug-likeness (QED) is 0.748. The second-order valence-electron chi connectivity index (χ2n) is 6.40. The third-order valence-corrected chi connectivity index (χ3v) is 4.42. The van der Waals surface area contributed by atoms with Crippen LogP contribution in [0.2, 0.25) is 0 Å². The van der Waals surface area contributed by atoms with E-state index >= 15 is 0 Å². The van der Waals surface area contributed by atoms with Crippen LogP contribution in [-0.4, -0.2) is 44.1 Å². The Morgan fingerprint density at radius 1 is 1.30 bits per heavy atom. The highest BCUT2D eigenvalue weighted by molar-refractivity contribution is 5.94. The number of piperidine rings is 1. The molecule has 4 nitrogen and oxygen atoms in total. The first-order valence-corrected chi connectivity index (χ1v) is 8.91. The van der Waals surface area contributed by atoms with Crippen LogP contribution >= 0.6 is 0 Å². The molecular weight excluding hydrogens is 288 g/mol. The van der Waals surface area contributed by atoms with Crippen LogP contribution in [0, 0.1) is 5.92 Å². The summed E-state index contributed by atoms with van der Waals surface area (Å²) in [5, 5.41) is 3.22. The smallest absolute Gasteiger partial charge is 0.253 e. The number of carbonyl (C=O) groups is 1. The van der Waals surface area contributed by atoms with E-state index in [0.717, 1.165) is 50.4 Å². The maximum absolute atomic E-state index is 12.6. The Bertz CT molecular complexity index is 471. The fraction of sp³-hybridized carbons (Fsp3) is 0.632. The molecule has 0 spiro atoms. The van der Waals surface area contributed by atoms with E-state index in [-0.39, 0.29) is 5.91 Å². The molecule has 128 valence electrons. The summed E-state index contributed by atoms with van der Waals surface area (Å²) in [5.74, 6) is 1.56. The summed E-state index contributed by atoms with van der Waals surface area (Å²) in [6.45, 7) is 5.64. The van der Waals surface area contributed by atoms with Gasteiger partial charge in [-0.1, -0.05) is 19.8 Å². The topological polar surface area (TPSA) is 41.6 Å². The van der Waals surface area contributed by atoms with E-state index in [0.29, 0.717) is 5.92 Å². The highest BCUT2D eigenvalue weighted by Crippen LogP contribution is 2.19. The Balaban J connectivity index is 1.86. The van der Waals surface area contributed by atoms with E-state index in [9.17, 15) is 4.79 Å². The zero-order valence-corrected chi connectivity index (χ0v) is 14.5. The molecule has 1 saturated heterocycles. The van der Waals surface area contributed by atoms with Crippen molar-refractivity contribution in [3.8, 4) is 5.75 Å². The van der Waals surface area contributed by atoms with Gasteiger partial charge in [0.1, 0.15) is 5.75 Å². The molecule has 1 N–H and O–H groups in total. The number of hydrogen-bond donors (Lipinski definition) is 1. The van der Waals surface area contributed by atoms with Crippen molar-refractivity contribution in [3.05, 3.63) is 29.8 Å². The lowest BCUT2D eigenvalue weighted by molar-refractivity contribution is 0.0674. The second-order valence-corrected chi connectivity index (χ2v) is 6.40. The molecule has 2 rings (SSSR count). The minimum Gasteiger partial charge on any atom is -0.494 e. The average molecular weight is 318 g/mol. The van der Waals surface area contributed by atoms with Gasteiger partial charge in [-0.2, -0.15) is 0 Å². The van der Waals surface area contributed by atoms with Gasteiger partial charge in [0, 0.05) is 18.7 Å². The summed E-state index contributed by atoms with van der Waals surface area (Å²) in [6.07, 6.45) is 5.77. The Kier molecular flexibility index (Phi) is 7.40. The maximum Gasteiger partial charge on any atom is 0.253 e. The molecule has 23 heavy (non-hydrogen) atoms. The highest BCUT2D eigenvalue weighted by Gasteiger charge is 2.23. The van der Waals surface area contributed by atoms with E-state index in [1.54, 1.807) is 0 Å². The first-order chi connectivity index (χ1) is 11.2. The van der Waals surface area contributed by atoms with E-state index in [4.69, 9.17) is 4.74 Å². The molecule has 1 unspecified atom stereocenters. The highest BCUT2D eigenvalue weighted by atomic mass is 16.5. The lowest BCUT2D eigenvalue weighted by Gasteiger charge is -2.32. The molecule has 1 heterocycles. The van der Waals surface area contributed by atoms with Crippen LogP contribution in [0.1, 0.15) is 49.4 Å². The Hall–Kier alpha value is -1.55. The molecular formula is C19H30N2O2. The van der Waals surface area contributed by atoms with Gasteiger partial charge in [-0.05, 0) is 63.0 Å².